The number of carbonyl (C=O) groups excluding carboxylic acids is 2. The third-order valence-electron chi connectivity index (χ3n) is 3.46. The lowest BCUT2D eigenvalue weighted by Gasteiger charge is -2.14. The Labute approximate surface area is 156 Å². The first kappa shape index (κ1) is 19.4. The fourth-order valence-electron chi connectivity index (χ4n) is 2.17. The first-order valence-corrected chi connectivity index (χ1v) is 8.18. The third kappa shape index (κ3) is 5.56. The molecule has 0 unspecified atom stereocenters. The molecule has 26 heavy (non-hydrogen) atoms. The van der Waals surface area contributed by atoms with Gasteiger partial charge in [0.25, 0.3) is 0 Å². The second kappa shape index (κ2) is 9.53. The van der Waals surface area contributed by atoms with E-state index in [-0.39, 0.29) is 6.54 Å². The average Bonchev–Trinajstić information content (AvgIpc) is 2.65. The molecule has 0 radical (unpaired) electrons. The van der Waals surface area contributed by atoms with Crippen LogP contribution in [0.2, 0.25) is 5.02 Å². The number of methoxy groups -OCH3 is 2. The molecular weight excluding hydrogens is 358 g/mol. The van der Waals surface area contributed by atoms with Gasteiger partial charge in [-0.05, 0) is 5.56 Å². The molecule has 2 rings (SSSR count). The molecule has 3 amide bonds. The molecule has 8 heteroatoms. The normalized spacial score (nSPS) is 9.96. The molecule has 7 nitrogen and oxygen atoms in total. The van der Waals surface area contributed by atoms with E-state index < -0.39 is 11.9 Å². The molecule has 138 valence electrons. The zero-order valence-electron chi connectivity index (χ0n) is 14.5. The summed E-state index contributed by atoms with van der Waals surface area (Å²) >= 11 is 6.03. The summed E-state index contributed by atoms with van der Waals surface area (Å²) in [6.45, 7) is 0.204. The molecule has 2 aromatic carbocycles. The summed E-state index contributed by atoms with van der Waals surface area (Å²) < 4.78 is 10.4. The van der Waals surface area contributed by atoms with Gasteiger partial charge in [0.15, 0.2) is 0 Å². The van der Waals surface area contributed by atoms with Gasteiger partial charge in [0, 0.05) is 18.7 Å². The van der Waals surface area contributed by atoms with E-state index in [1.165, 1.54) is 14.2 Å². The summed E-state index contributed by atoms with van der Waals surface area (Å²) in [7, 11) is 2.97. The van der Waals surface area contributed by atoms with E-state index >= 15 is 0 Å². The molecule has 0 fully saturated rings. The number of imide groups is 1. The average molecular weight is 378 g/mol. The number of amides is 3. The highest BCUT2D eigenvalue weighted by atomic mass is 35.5. The number of ether oxygens (including phenoxy) is 2. The number of nitrogens with one attached hydrogen (secondary N) is 3. The maximum absolute atomic E-state index is 11.9. The van der Waals surface area contributed by atoms with Gasteiger partial charge in [0.05, 0.1) is 31.5 Å². The smallest absolute Gasteiger partial charge is 0.321 e. The quantitative estimate of drug-likeness (QED) is 0.690. The Kier molecular flexibility index (Phi) is 7.11. The van der Waals surface area contributed by atoms with Crippen LogP contribution in [0.4, 0.5) is 10.5 Å². The Hall–Kier alpha value is -2.93. The van der Waals surface area contributed by atoms with E-state index in [0.717, 1.165) is 5.56 Å². The summed E-state index contributed by atoms with van der Waals surface area (Å²) in [6, 6.07) is 12.0. The fraction of sp³-hybridized carbons (Fsp3) is 0.222. The second-order valence-corrected chi connectivity index (χ2v) is 5.66. The Morgan fingerprint density at radius 3 is 2.38 bits per heavy atom. The molecule has 0 atom stereocenters. The lowest BCUT2D eigenvalue weighted by Crippen LogP contribution is -2.41. The molecule has 0 aliphatic heterocycles. The van der Waals surface area contributed by atoms with Crippen LogP contribution in [0.3, 0.4) is 0 Å². The first-order chi connectivity index (χ1) is 12.5. The predicted molar refractivity (Wildman–Crippen MR) is 99.9 cm³/mol. The van der Waals surface area contributed by atoms with E-state index in [9.17, 15) is 9.59 Å². The lowest BCUT2D eigenvalue weighted by molar-refractivity contribution is -0.118. The predicted octanol–water partition coefficient (Wildman–Crippen LogP) is 2.80. The van der Waals surface area contributed by atoms with Gasteiger partial charge in [-0.2, -0.15) is 0 Å². The molecular formula is C18H20ClN3O4. The van der Waals surface area contributed by atoms with Crippen LogP contribution in [-0.4, -0.2) is 32.7 Å². The van der Waals surface area contributed by atoms with Crippen molar-refractivity contribution < 1.29 is 19.1 Å². The van der Waals surface area contributed by atoms with Crippen LogP contribution in [0.25, 0.3) is 0 Å². The molecule has 0 bridgehead atoms. The van der Waals surface area contributed by atoms with Gasteiger partial charge in [-0.25, -0.2) is 4.79 Å². The maximum Gasteiger partial charge on any atom is 0.321 e. The molecule has 0 saturated carbocycles. The van der Waals surface area contributed by atoms with Gasteiger partial charge in [-0.3, -0.25) is 10.1 Å². The number of hydrogen-bond acceptors (Lipinski definition) is 5. The van der Waals surface area contributed by atoms with Gasteiger partial charge in [-0.1, -0.05) is 41.9 Å². The van der Waals surface area contributed by atoms with E-state index in [1.807, 2.05) is 30.3 Å². The molecule has 0 aliphatic carbocycles. The molecule has 0 aliphatic rings. The van der Waals surface area contributed by atoms with Crippen LogP contribution in [0.1, 0.15) is 5.56 Å². The molecule has 2 aromatic rings. The van der Waals surface area contributed by atoms with Crippen molar-refractivity contribution in [2.24, 2.45) is 0 Å². The van der Waals surface area contributed by atoms with Crippen molar-refractivity contribution in [3.63, 3.8) is 0 Å². The highest BCUT2D eigenvalue weighted by Crippen LogP contribution is 2.35. The number of urea groups is 1. The van der Waals surface area contributed by atoms with E-state index in [2.05, 4.69) is 16.0 Å². The minimum atomic E-state index is -0.568. The summed E-state index contributed by atoms with van der Waals surface area (Å²) in [4.78, 5) is 23.7. The van der Waals surface area contributed by atoms with Crippen LogP contribution >= 0.6 is 11.6 Å². The number of hydrogen-bond donors (Lipinski definition) is 3. The van der Waals surface area contributed by atoms with Gasteiger partial charge < -0.3 is 20.1 Å². The van der Waals surface area contributed by atoms with Crippen LogP contribution in [-0.2, 0) is 11.3 Å². The Morgan fingerprint density at radius 2 is 1.73 bits per heavy atom. The molecule has 3 N–H and O–H groups in total. The van der Waals surface area contributed by atoms with Crippen molar-refractivity contribution >= 4 is 29.2 Å². The first-order valence-electron chi connectivity index (χ1n) is 7.80. The van der Waals surface area contributed by atoms with Gasteiger partial charge in [-0.15, -0.1) is 0 Å². The highest BCUT2D eigenvalue weighted by molar-refractivity contribution is 6.32. The van der Waals surface area contributed by atoms with E-state index in [1.54, 1.807) is 12.1 Å². The van der Waals surface area contributed by atoms with Crippen molar-refractivity contribution in [3.05, 3.63) is 53.1 Å². The minimum absolute atomic E-state index is 0.125. The highest BCUT2D eigenvalue weighted by Gasteiger charge is 2.12. The van der Waals surface area contributed by atoms with Crippen molar-refractivity contribution in [2.75, 3.05) is 26.1 Å². The van der Waals surface area contributed by atoms with E-state index in [0.29, 0.717) is 28.8 Å². The fourth-order valence-corrected chi connectivity index (χ4v) is 2.40. The lowest BCUT2D eigenvalue weighted by atomic mass is 10.2. The van der Waals surface area contributed by atoms with E-state index in [4.69, 9.17) is 21.1 Å². The van der Waals surface area contributed by atoms with Crippen LogP contribution < -0.4 is 25.4 Å². The zero-order valence-corrected chi connectivity index (χ0v) is 15.2. The van der Waals surface area contributed by atoms with Crippen molar-refractivity contribution in [2.45, 2.75) is 6.54 Å². The van der Waals surface area contributed by atoms with Crippen molar-refractivity contribution in [1.29, 1.82) is 0 Å². The topological polar surface area (TPSA) is 88.7 Å². The number of halogens is 1. The SMILES string of the molecule is COc1cc(NCC(=O)NC(=O)NCc2ccccc2)c(OC)cc1Cl. The standard InChI is InChI=1S/C18H20ClN3O4/c1-25-15-9-14(16(26-2)8-13(15)19)20-11-17(23)22-18(24)21-10-12-6-4-3-5-7-12/h3-9,20H,10-11H2,1-2H3,(H2,21,22,23,24). The van der Waals surface area contributed by atoms with Gasteiger partial charge in [0.2, 0.25) is 5.91 Å². The summed E-state index contributed by atoms with van der Waals surface area (Å²) in [6.07, 6.45) is 0. The van der Waals surface area contributed by atoms with Crippen molar-refractivity contribution in [1.82, 2.24) is 10.6 Å². The summed E-state index contributed by atoms with van der Waals surface area (Å²) in [5.41, 5.74) is 1.46. The number of anilines is 1. The molecule has 0 saturated heterocycles. The summed E-state index contributed by atoms with van der Waals surface area (Å²) in [5, 5.41) is 8.14. The maximum atomic E-state index is 11.9. The monoisotopic (exact) mass is 377 g/mol. The minimum Gasteiger partial charge on any atom is -0.495 e. The van der Waals surface area contributed by atoms with Crippen LogP contribution in [0.5, 0.6) is 11.5 Å². The summed E-state index contributed by atoms with van der Waals surface area (Å²) in [5.74, 6) is 0.402. The second-order valence-electron chi connectivity index (χ2n) is 5.26. The molecule has 0 heterocycles. The Bertz CT molecular complexity index is 769. The largest absolute Gasteiger partial charge is 0.495 e. The zero-order chi connectivity index (χ0) is 18.9. The van der Waals surface area contributed by atoms with Crippen LogP contribution in [0, 0.1) is 0 Å². The van der Waals surface area contributed by atoms with Crippen molar-refractivity contribution in [3.8, 4) is 11.5 Å². The van der Waals surface area contributed by atoms with Gasteiger partial charge in [0.1, 0.15) is 11.5 Å². The van der Waals surface area contributed by atoms with Gasteiger partial charge >= 0.3 is 6.03 Å². The van der Waals surface area contributed by atoms with Crippen LogP contribution in [0.15, 0.2) is 42.5 Å². The number of rotatable bonds is 7. The number of carbonyl (C=O) groups is 2. The molecule has 0 aromatic heterocycles. The molecule has 0 spiro atoms. The Balaban J connectivity index is 1.85. The Morgan fingerprint density at radius 1 is 1.04 bits per heavy atom. The third-order valence-corrected chi connectivity index (χ3v) is 3.76. The number of benzene rings is 2.